The molecule has 0 N–H and O–H groups in total. The van der Waals surface area contributed by atoms with E-state index in [2.05, 4.69) is 15.9 Å². The highest BCUT2D eigenvalue weighted by Crippen LogP contribution is 2.15. The van der Waals surface area contributed by atoms with E-state index in [0.29, 0.717) is 19.6 Å². The van der Waals surface area contributed by atoms with Crippen LogP contribution in [0.15, 0.2) is 0 Å². The van der Waals surface area contributed by atoms with E-state index in [1.165, 1.54) is 0 Å². The lowest BCUT2D eigenvalue weighted by molar-refractivity contribution is -0.144. The molecule has 0 aliphatic rings. The van der Waals surface area contributed by atoms with Crippen molar-refractivity contribution in [2.75, 3.05) is 20.3 Å². The molecule has 4 heteroatoms. The van der Waals surface area contributed by atoms with Gasteiger partial charge in [0.05, 0.1) is 4.32 Å². The number of hydrogen-bond donors (Lipinski definition) is 0. The van der Waals surface area contributed by atoms with Crippen LogP contribution in [0.3, 0.4) is 0 Å². The van der Waals surface area contributed by atoms with Crippen molar-refractivity contribution >= 4 is 21.9 Å². The summed E-state index contributed by atoms with van der Waals surface area (Å²) in [6.07, 6.45) is 1.15. The number of carbonyl (C=O) groups is 1. The minimum Gasteiger partial charge on any atom is -0.464 e. The molecule has 0 spiro atoms. The number of rotatable bonds is 6. The van der Waals surface area contributed by atoms with Crippen LogP contribution < -0.4 is 0 Å². The molecule has 0 saturated heterocycles. The van der Waals surface area contributed by atoms with Crippen LogP contribution in [0.25, 0.3) is 0 Å². The molecule has 0 bridgehead atoms. The van der Waals surface area contributed by atoms with Gasteiger partial charge in [-0.1, -0.05) is 15.9 Å². The third-order valence-corrected chi connectivity index (χ3v) is 1.53. The van der Waals surface area contributed by atoms with Crippen LogP contribution in [-0.2, 0) is 14.3 Å². The molecule has 0 saturated carbocycles. The topological polar surface area (TPSA) is 35.5 Å². The van der Waals surface area contributed by atoms with Gasteiger partial charge in [0.2, 0.25) is 0 Å². The molecule has 0 aromatic heterocycles. The van der Waals surface area contributed by atoms with Crippen LogP contribution in [0.2, 0.25) is 0 Å². The Morgan fingerprint density at radius 2 is 2.08 bits per heavy atom. The lowest BCUT2D eigenvalue weighted by atomic mass is 10.2. The lowest BCUT2D eigenvalue weighted by Gasteiger charge is -2.15. The Bertz CT molecular complexity index is 151. The molecule has 0 unspecified atom stereocenters. The van der Waals surface area contributed by atoms with Crippen molar-refractivity contribution in [1.82, 2.24) is 0 Å². The SMILES string of the molecule is COCCCC(=O)OCC(C)(C)Br. The van der Waals surface area contributed by atoms with E-state index in [0.717, 1.165) is 6.42 Å². The first-order valence-electron chi connectivity index (χ1n) is 4.29. The van der Waals surface area contributed by atoms with Crippen LogP contribution in [0.4, 0.5) is 0 Å². The minimum absolute atomic E-state index is 0.135. The van der Waals surface area contributed by atoms with Crippen LogP contribution >= 0.6 is 15.9 Å². The Hall–Kier alpha value is -0.0900. The molecule has 0 radical (unpaired) electrons. The fraction of sp³-hybridized carbons (Fsp3) is 0.889. The fourth-order valence-corrected chi connectivity index (χ4v) is 0.800. The monoisotopic (exact) mass is 252 g/mol. The fourth-order valence-electron chi connectivity index (χ4n) is 0.685. The quantitative estimate of drug-likeness (QED) is 0.413. The van der Waals surface area contributed by atoms with Gasteiger partial charge in [-0.3, -0.25) is 4.79 Å². The maximum absolute atomic E-state index is 11.1. The summed E-state index contributed by atoms with van der Waals surface area (Å²) in [5.74, 6) is -0.162. The Kier molecular flexibility index (Phi) is 6.33. The Labute approximate surface area is 87.9 Å². The zero-order chi connectivity index (χ0) is 10.3. The van der Waals surface area contributed by atoms with Gasteiger partial charge in [-0.05, 0) is 20.3 Å². The van der Waals surface area contributed by atoms with Crippen molar-refractivity contribution in [2.45, 2.75) is 31.0 Å². The predicted octanol–water partition coefficient (Wildman–Crippen LogP) is 2.13. The maximum Gasteiger partial charge on any atom is 0.305 e. The molecule has 78 valence electrons. The minimum atomic E-state index is -0.162. The van der Waals surface area contributed by atoms with E-state index in [1.807, 2.05) is 13.8 Å². The summed E-state index contributed by atoms with van der Waals surface area (Å²) in [5.41, 5.74) is 0. The Balaban J connectivity index is 3.41. The normalized spacial score (nSPS) is 11.4. The molecular weight excluding hydrogens is 236 g/mol. The first-order valence-corrected chi connectivity index (χ1v) is 5.08. The molecule has 3 nitrogen and oxygen atoms in total. The van der Waals surface area contributed by atoms with Gasteiger partial charge in [0.1, 0.15) is 6.61 Å². The molecule has 0 atom stereocenters. The smallest absolute Gasteiger partial charge is 0.305 e. The highest BCUT2D eigenvalue weighted by molar-refractivity contribution is 9.10. The molecule has 0 aliphatic carbocycles. The van der Waals surface area contributed by atoms with Crippen molar-refractivity contribution in [1.29, 1.82) is 0 Å². The summed E-state index contributed by atoms with van der Waals surface area (Å²) in [6, 6.07) is 0. The third-order valence-electron chi connectivity index (χ3n) is 1.31. The second-order valence-corrected chi connectivity index (χ2v) is 5.62. The van der Waals surface area contributed by atoms with Crippen molar-refractivity contribution in [3.05, 3.63) is 0 Å². The molecule has 0 fully saturated rings. The molecular formula is C9H17BrO3. The Morgan fingerprint density at radius 1 is 1.46 bits per heavy atom. The number of ether oxygens (including phenoxy) is 2. The zero-order valence-electron chi connectivity index (χ0n) is 8.43. The number of halogens is 1. The summed E-state index contributed by atoms with van der Waals surface area (Å²) in [4.78, 5) is 11.1. The molecule has 0 amide bonds. The highest BCUT2D eigenvalue weighted by Gasteiger charge is 2.15. The van der Waals surface area contributed by atoms with Crippen molar-refractivity contribution in [3.63, 3.8) is 0 Å². The number of carbonyl (C=O) groups excluding carboxylic acids is 1. The van der Waals surface area contributed by atoms with Crippen molar-refractivity contribution < 1.29 is 14.3 Å². The summed E-state index contributed by atoms with van der Waals surface area (Å²) >= 11 is 3.39. The average Bonchev–Trinajstić information content (AvgIpc) is 2.00. The van der Waals surface area contributed by atoms with Crippen LogP contribution in [0.1, 0.15) is 26.7 Å². The van der Waals surface area contributed by atoms with Crippen molar-refractivity contribution in [2.24, 2.45) is 0 Å². The molecule has 0 heterocycles. The molecule has 0 aliphatic heterocycles. The van der Waals surface area contributed by atoms with Gasteiger partial charge in [-0.25, -0.2) is 0 Å². The van der Waals surface area contributed by atoms with E-state index in [1.54, 1.807) is 7.11 Å². The number of alkyl halides is 1. The molecule has 0 rings (SSSR count). The number of hydrogen-bond acceptors (Lipinski definition) is 3. The van der Waals surface area contributed by atoms with Crippen LogP contribution in [-0.4, -0.2) is 30.6 Å². The summed E-state index contributed by atoms with van der Waals surface area (Å²) in [5, 5.41) is 0. The largest absolute Gasteiger partial charge is 0.464 e. The maximum atomic E-state index is 11.1. The summed E-state index contributed by atoms with van der Waals surface area (Å²) < 4.78 is 9.70. The van der Waals surface area contributed by atoms with E-state index in [9.17, 15) is 4.79 Å². The standard InChI is InChI=1S/C9H17BrO3/c1-9(2,10)7-13-8(11)5-4-6-12-3/h4-7H2,1-3H3. The van der Waals surface area contributed by atoms with Gasteiger partial charge < -0.3 is 9.47 Å². The molecule has 0 aromatic carbocycles. The van der Waals surface area contributed by atoms with Crippen molar-refractivity contribution in [3.8, 4) is 0 Å². The number of esters is 1. The van der Waals surface area contributed by atoms with Gasteiger partial charge in [0.25, 0.3) is 0 Å². The van der Waals surface area contributed by atoms with Gasteiger partial charge in [0, 0.05) is 20.1 Å². The lowest BCUT2D eigenvalue weighted by Crippen LogP contribution is -2.21. The number of methoxy groups -OCH3 is 1. The van der Waals surface area contributed by atoms with Gasteiger partial charge in [-0.2, -0.15) is 0 Å². The molecule has 0 aromatic rings. The second kappa shape index (κ2) is 6.38. The van der Waals surface area contributed by atoms with E-state index in [4.69, 9.17) is 9.47 Å². The summed E-state index contributed by atoms with van der Waals surface area (Å²) in [7, 11) is 1.62. The third kappa shape index (κ3) is 9.83. The van der Waals surface area contributed by atoms with Gasteiger partial charge >= 0.3 is 5.97 Å². The average molecular weight is 253 g/mol. The summed E-state index contributed by atoms with van der Waals surface area (Å²) in [6.45, 7) is 4.91. The van der Waals surface area contributed by atoms with E-state index >= 15 is 0 Å². The van der Waals surface area contributed by atoms with Gasteiger partial charge in [-0.15, -0.1) is 0 Å². The second-order valence-electron chi connectivity index (χ2n) is 3.48. The van der Waals surface area contributed by atoms with E-state index < -0.39 is 0 Å². The van der Waals surface area contributed by atoms with Crippen LogP contribution in [0.5, 0.6) is 0 Å². The van der Waals surface area contributed by atoms with E-state index in [-0.39, 0.29) is 10.3 Å². The molecule has 13 heavy (non-hydrogen) atoms. The predicted molar refractivity (Wildman–Crippen MR) is 55.1 cm³/mol. The Morgan fingerprint density at radius 3 is 2.54 bits per heavy atom. The van der Waals surface area contributed by atoms with Gasteiger partial charge in [0.15, 0.2) is 0 Å². The first-order chi connectivity index (χ1) is 5.95. The zero-order valence-corrected chi connectivity index (χ0v) is 10.0. The highest BCUT2D eigenvalue weighted by atomic mass is 79.9. The first kappa shape index (κ1) is 12.9. The van der Waals surface area contributed by atoms with Crippen LogP contribution in [0, 0.1) is 0 Å².